The van der Waals surface area contributed by atoms with Crippen molar-refractivity contribution in [3.8, 4) is 0 Å². The number of aromatic nitrogens is 4. The van der Waals surface area contributed by atoms with Crippen LogP contribution in [0.15, 0.2) is 47.6 Å². The molecule has 0 aliphatic rings. The molecule has 0 saturated carbocycles. The Bertz CT molecular complexity index is 1200. The van der Waals surface area contributed by atoms with Gasteiger partial charge in [-0.25, -0.2) is 4.98 Å². The van der Waals surface area contributed by atoms with Gasteiger partial charge in [-0.2, -0.15) is 0 Å². The minimum atomic E-state index is -0.0870. The van der Waals surface area contributed by atoms with Crippen LogP contribution < -0.4 is 5.32 Å². The predicted octanol–water partition coefficient (Wildman–Crippen LogP) is 4.74. The number of aryl methyl sites for hydroxylation is 3. The first-order chi connectivity index (χ1) is 14.1. The first-order valence-corrected chi connectivity index (χ1v) is 10.7. The number of carbonyl (C=O) groups excluding carboxylic acids is 1. The van der Waals surface area contributed by atoms with Crippen molar-refractivity contribution >= 4 is 45.4 Å². The number of benzene rings is 2. The van der Waals surface area contributed by atoms with E-state index in [-0.39, 0.29) is 11.7 Å². The highest BCUT2D eigenvalue weighted by Crippen LogP contribution is 2.27. The van der Waals surface area contributed by atoms with Crippen LogP contribution >= 0.6 is 11.8 Å². The number of anilines is 1. The van der Waals surface area contributed by atoms with Crippen molar-refractivity contribution in [1.29, 1.82) is 0 Å². The van der Waals surface area contributed by atoms with Gasteiger partial charge in [0.05, 0.1) is 11.3 Å². The molecule has 0 saturated heterocycles. The molecule has 1 N–H and O–H groups in total. The second kappa shape index (κ2) is 8.21. The Morgan fingerprint density at radius 2 is 1.93 bits per heavy atom. The van der Waals surface area contributed by atoms with Gasteiger partial charge in [0.2, 0.25) is 11.1 Å². The molecule has 0 atom stereocenters. The molecule has 2 aromatic carbocycles. The Morgan fingerprint density at radius 3 is 2.72 bits per heavy atom. The number of thioether (sulfide) groups is 1. The van der Waals surface area contributed by atoms with E-state index in [2.05, 4.69) is 40.0 Å². The number of amides is 1. The molecule has 4 rings (SSSR count). The van der Waals surface area contributed by atoms with Gasteiger partial charge in [-0.1, -0.05) is 43.0 Å². The van der Waals surface area contributed by atoms with Crippen LogP contribution in [0.5, 0.6) is 0 Å². The highest BCUT2D eigenvalue weighted by molar-refractivity contribution is 7.99. The second-order valence-corrected chi connectivity index (χ2v) is 8.01. The Kier molecular flexibility index (Phi) is 5.49. The minimum absolute atomic E-state index is 0.0870. The number of nitrogens with one attached hydrogen (secondary N) is 1. The summed E-state index contributed by atoms with van der Waals surface area (Å²) in [4.78, 5) is 17.1. The van der Waals surface area contributed by atoms with Crippen LogP contribution in [0.4, 0.5) is 5.69 Å². The van der Waals surface area contributed by atoms with Crippen molar-refractivity contribution in [3.63, 3.8) is 0 Å². The summed E-state index contributed by atoms with van der Waals surface area (Å²) in [6, 6.07) is 14.0. The fourth-order valence-corrected chi connectivity index (χ4v) is 3.93. The van der Waals surface area contributed by atoms with Gasteiger partial charge in [-0.15, -0.1) is 10.2 Å². The topological polar surface area (TPSA) is 72.7 Å². The molecule has 0 radical (unpaired) electrons. The fourth-order valence-electron chi connectivity index (χ4n) is 3.35. The third kappa shape index (κ3) is 3.96. The molecule has 29 heavy (non-hydrogen) atoms. The largest absolute Gasteiger partial charge is 0.325 e. The van der Waals surface area contributed by atoms with Gasteiger partial charge in [0, 0.05) is 17.6 Å². The predicted molar refractivity (Wildman–Crippen MR) is 118 cm³/mol. The van der Waals surface area contributed by atoms with Crippen LogP contribution in [0, 0.1) is 13.8 Å². The van der Waals surface area contributed by atoms with E-state index in [9.17, 15) is 4.79 Å². The second-order valence-electron chi connectivity index (χ2n) is 7.07. The normalized spacial score (nSPS) is 11.3. The zero-order valence-electron chi connectivity index (χ0n) is 16.8. The van der Waals surface area contributed by atoms with Gasteiger partial charge in [0.1, 0.15) is 5.52 Å². The number of para-hydroxylation sites is 1. The number of hydrogen-bond donors (Lipinski definition) is 1. The molecule has 0 unspecified atom stereocenters. The molecule has 0 bridgehead atoms. The van der Waals surface area contributed by atoms with E-state index in [1.54, 1.807) is 0 Å². The molecular formula is C22H23N5OS. The Balaban J connectivity index is 1.53. The lowest BCUT2D eigenvalue weighted by molar-refractivity contribution is -0.113. The Labute approximate surface area is 173 Å². The average Bonchev–Trinajstić information content (AvgIpc) is 3.03. The van der Waals surface area contributed by atoms with Crippen LogP contribution in [0.25, 0.3) is 22.1 Å². The lowest BCUT2D eigenvalue weighted by atomic mass is 10.1. The van der Waals surface area contributed by atoms with Crippen LogP contribution in [0.1, 0.15) is 24.5 Å². The summed E-state index contributed by atoms with van der Waals surface area (Å²) in [6.07, 6.45) is 0.999. The lowest BCUT2D eigenvalue weighted by Gasteiger charge is -2.07. The first-order valence-electron chi connectivity index (χ1n) is 9.68. The van der Waals surface area contributed by atoms with Crippen molar-refractivity contribution in [2.75, 3.05) is 11.1 Å². The third-order valence-electron chi connectivity index (χ3n) is 4.92. The molecule has 0 fully saturated rings. The number of hydrogen-bond acceptors (Lipinski definition) is 5. The van der Waals surface area contributed by atoms with Gasteiger partial charge in [-0.3, -0.25) is 4.79 Å². The van der Waals surface area contributed by atoms with Crippen LogP contribution in [-0.2, 0) is 11.3 Å². The van der Waals surface area contributed by atoms with Crippen molar-refractivity contribution in [3.05, 3.63) is 53.6 Å². The smallest absolute Gasteiger partial charge is 0.234 e. The highest BCUT2D eigenvalue weighted by atomic mass is 32.2. The fraction of sp³-hybridized carbons (Fsp3) is 0.273. The Hall–Kier alpha value is -2.93. The van der Waals surface area contributed by atoms with E-state index in [1.165, 1.54) is 17.3 Å². The summed E-state index contributed by atoms with van der Waals surface area (Å²) >= 11 is 1.30. The molecular weight excluding hydrogens is 382 g/mol. The lowest BCUT2D eigenvalue weighted by Crippen LogP contribution is -2.14. The maximum atomic E-state index is 12.3. The van der Waals surface area contributed by atoms with Gasteiger partial charge in [-0.05, 0) is 49.6 Å². The van der Waals surface area contributed by atoms with E-state index < -0.39 is 0 Å². The van der Waals surface area contributed by atoms with Gasteiger partial charge < -0.3 is 9.88 Å². The Morgan fingerprint density at radius 1 is 1.10 bits per heavy atom. The molecule has 148 valence electrons. The monoisotopic (exact) mass is 405 g/mol. The van der Waals surface area contributed by atoms with Crippen LogP contribution in [0.2, 0.25) is 0 Å². The number of nitrogens with zero attached hydrogens (tertiary/aromatic N) is 4. The summed E-state index contributed by atoms with van der Waals surface area (Å²) in [5, 5.41) is 13.1. The maximum absolute atomic E-state index is 12.3. The SMILES string of the molecule is CCCn1c2ccccc2c2nnc(SCC(=O)Nc3ccc(C)c(C)c3)nc21. The first kappa shape index (κ1) is 19.4. The third-order valence-corrected chi connectivity index (χ3v) is 5.76. The zero-order chi connectivity index (χ0) is 20.4. The number of carbonyl (C=O) groups is 1. The van der Waals surface area contributed by atoms with Crippen molar-refractivity contribution in [2.24, 2.45) is 0 Å². The molecule has 2 aromatic heterocycles. The van der Waals surface area contributed by atoms with E-state index >= 15 is 0 Å². The number of rotatable bonds is 6. The van der Waals surface area contributed by atoms with E-state index in [0.29, 0.717) is 5.16 Å². The highest BCUT2D eigenvalue weighted by Gasteiger charge is 2.15. The van der Waals surface area contributed by atoms with E-state index in [0.717, 1.165) is 46.3 Å². The zero-order valence-corrected chi connectivity index (χ0v) is 17.6. The molecule has 7 heteroatoms. The van der Waals surface area contributed by atoms with Crippen molar-refractivity contribution in [2.45, 2.75) is 38.9 Å². The summed E-state index contributed by atoms with van der Waals surface area (Å²) in [5.41, 5.74) is 5.89. The van der Waals surface area contributed by atoms with Crippen LogP contribution in [0.3, 0.4) is 0 Å². The summed E-state index contributed by atoms with van der Waals surface area (Å²) < 4.78 is 2.18. The summed E-state index contributed by atoms with van der Waals surface area (Å²) in [6.45, 7) is 7.08. The molecule has 2 heterocycles. The van der Waals surface area contributed by atoms with Crippen LogP contribution in [-0.4, -0.2) is 31.4 Å². The van der Waals surface area contributed by atoms with E-state index in [4.69, 9.17) is 4.98 Å². The molecule has 0 spiro atoms. The summed E-state index contributed by atoms with van der Waals surface area (Å²) in [5.74, 6) is 0.143. The molecule has 6 nitrogen and oxygen atoms in total. The van der Waals surface area contributed by atoms with Gasteiger partial charge in [0.15, 0.2) is 5.65 Å². The molecule has 0 aliphatic carbocycles. The quantitative estimate of drug-likeness (QED) is 0.469. The summed E-state index contributed by atoms with van der Waals surface area (Å²) in [7, 11) is 0. The van der Waals surface area contributed by atoms with Gasteiger partial charge in [0.25, 0.3) is 0 Å². The molecule has 4 aromatic rings. The standard InChI is InChI=1S/C22H23N5OS/c1-4-11-27-18-8-6-5-7-17(18)20-21(27)24-22(26-25-20)29-13-19(28)23-16-10-9-14(2)15(3)12-16/h5-10,12H,4,11,13H2,1-3H3,(H,23,28). The van der Waals surface area contributed by atoms with Gasteiger partial charge >= 0.3 is 0 Å². The molecule has 0 aliphatic heterocycles. The van der Waals surface area contributed by atoms with Crippen molar-refractivity contribution in [1.82, 2.24) is 19.7 Å². The van der Waals surface area contributed by atoms with E-state index in [1.807, 2.05) is 43.3 Å². The average molecular weight is 406 g/mol. The maximum Gasteiger partial charge on any atom is 0.234 e. The minimum Gasteiger partial charge on any atom is -0.325 e. The molecule has 1 amide bonds. The van der Waals surface area contributed by atoms with Crippen molar-refractivity contribution < 1.29 is 4.79 Å². The number of fused-ring (bicyclic) bond motifs is 3.